The van der Waals surface area contributed by atoms with Crippen LogP contribution in [0.25, 0.3) is 0 Å². The van der Waals surface area contributed by atoms with Crippen molar-refractivity contribution in [2.45, 2.75) is 6.92 Å². The Labute approximate surface area is 137 Å². The van der Waals surface area contributed by atoms with Gasteiger partial charge >= 0.3 is 0 Å². The Kier molecular flexibility index (Phi) is 5.68. The molecule has 0 spiro atoms. The molecule has 1 aromatic carbocycles. The predicted octanol–water partition coefficient (Wildman–Crippen LogP) is 2.56. The second-order valence-electron chi connectivity index (χ2n) is 4.39. The fraction of sp³-hybridized carbons (Fsp3) is 0.133. The molecular weight excluding hydrogens is 379 g/mol. The van der Waals surface area contributed by atoms with Gasteiger partial charge in [0.2, 0.25) is 0 Å². The molecule has 2 N–H and O–H groups in total. The molecule has 1 heterocycles. The Balaban J connectivity index is 1.81. The van der Waals surface area contributed by atoms with E-state index in [0.29, 0.717) is 0 Å². The van der Waals surface area contributed by atoms with E-state index in [-0.39, 0.29) is 12.5 Å². The fourth-order valence-corrected chi connectivity index (χ4v) is 2.32. The Bertz CT molecular complexity index is 643. The average molecular weight is 394 g/mol. The first-order valence-electron chi connectivity index (χ1n) is 6.37. The number of aryl methyl sites for hydroxylation is 1. The number of carbonyl (C=O) groups is 1. The van der Waals surface area contributed by atoms with Gasteiger partial charge in [0.05, 0.1) is 12.8 Å². The van der Waals surface area contributed by atoms with Gasteiger partial charge in [0.25, 0.3) is 5.91 Å². The van der Waals surface area contributed by atoms with Crippen LogP contribution in [0.1, 0.15) is 11.1 Å². The highest BCUT2D eigenvalue weighted by atomic mass is 127. The number of hydrogen-bond donors (Lipinski definition) is 2. The number of anilines is 1. The van der Waals surface area contributed by atoms with Crippen LogP contribution in [0.5, 0.6) is 0 Å². The number of halogens is 1. The number of rotatable bonds is 5. The Morgan fingerprint density at radius 1 is 1.43 bits per heavy atom. The zero-order valence-corrected chi connectivity index (χ0v) is 13.7. The van der Waals surface area contributed by atoms with Gasteiger partial charge in [-0.2, -0.15) is 5.10 Å². The number of nitrogens with one attached hydrogen (secondary N) is 2. The van der Waals surface area contributed by atoms with Crippen LogP contribution < -0.4 is 10.7 Å². The van der Waals surface area contributed by atoms with Gasteiger partial charge in [0.15, 0.2) is 0 Å². The highest BCUT2D eigenvalue weighted by molar-refractivity contribution is 14.1. The zero-order chi connectivity index (χ0) is 15.1. The van der Waals surface area contributed by atoms with Crippen molar-refractivity contribution >= 4 is 40.4 Å². The van der Waals surface area contributed by atoms with Crippen molar-refractivity contribution in [2.75, 3.05) is 11.9 Å². The van der Waals surface area contributed by atoms with Crippen molar-refractivity contribution in [1.29, 1.82) is 0 Å². The van der Waals surface area contributed by atoms with Crippen LogP contribution in [0.4, 0.5) is 5.69 Å². The number of hydrazone groups is 1. The highest BCUT2D eigenvalue weighted by Gasteiger charge is 2.02. The van der Waals surface area contributed by atoms with Crippen LogP contribution in [0.2, 0.25) is 0 Å². The maximum atomic E-state index is 11.7. The molecule has 0 aliphatic heterocycles. The maximum absolute atomic E-state index is 11.7. The van der Waals surface area contributed by atoms with Gasteiger partial charge in [-0.25, -0.2) is 5.43 Å². The van der Waals surface area contributed by atoms with Crippen LogP contribution in [0, 0.1) is 10.5 Å². The van der Waals surface area contributed by atoms with E-state index >= 15 is 0 Å². The monoisotopic (exact) mass is 394 g/mol. The third kappa shape index (κ3) is 5.14. The van der Waals surface area contributed by atoms with Crippen LogP contribution in [0.15, 0.2) is 47.8 Å². The summed E-state index contributed by atoms with van der Waals surface area (Å²) in [5.74, 6) is -0.201. The lowest BCUT2D eigenvalue weighted by Gasteiger charge is -2.08. The molecular formula is C15H15IN4O. The van der Waals surface area contributed by atoms with Crippen molar-refractivity contribution in [2.24, 2.45) is 5.10 Å². The number of aromatic nitrogens is 1. The molecule has 1 amide bonds. The van der Waals surface area contributed by atoms with Gasteiger partial charge in [-0.15, -0.1) is 0 Å². The lowest BCUT2D eigenvalue weighted by Crippen LogP contribution is -2.26. The summed E-state index contributed by atoms with van der Waals surface area (Å²) >= 11 is 2.26. The summed E-state index contributed by atoms with van der Waals surface area (Å²) in [7, 11) is 0. The molecule has 5 nitrogen and oxygen atoms in total. The minimum absolute atomic E-state index is 0.172. The largest absolute Gasteiger partial charge is 0.376 e. The molecule has 6 heteroatoms. The van der Waals surface area contributed by atoms with E-state index < -0.39 is 0 Å². The second-order valence-corrected chi connectivity index (χ2v) is 5.64. The molecule has 0 aliphatic carbocycles. The summed E-state index contributed by atoms with van der Waals surface area (Å²) < 4.78 is 1.17. The minimum atomic E-state index is -0.201. The summed E-state index contributed by atoms with van der Waals surface area (Å²) in [5, 5.41) is 6.97. The first-order valence-corrected chi connectivity index (χ1v) is 7.45. The van der Waals surface area contributed by atoms with Crippen LogP contribution >= 0.6 is 22.6 Å². The van der Waals surface area contributed by atoms with Gasteiger partial charge in [-0.3, -0.25) is 9.78 Å². The SMILES string of the molecule is Cc1cc(I)ccc1NCC(=O)NN=Cc1cccnc1. The van der Waals surface area contributed by atoms with Gasteiger partial charge in [0.1, 0.15) is 0 Å². The van der Waals surface area contributed by atoms with E-state index in [1.165, 1.54) is 3.57 Å². The zero-order valence-electron chi connectivity index (χ0n) is 11.5. The van der Waals surface area contributed by atoms with E-state index in [1.807, 2.05) is 31.2 Å². The number of pyridine rings is 1. The predicted molar refractivity (Wildman–Crippen MR) is 92.4 cm³/mol. The molecule has 0 bridgehead atoms. The fourth-order valence-electron chi connectivity index (χ4n) is 1.67. The smallest absolute Gasteiger partial charge is 0.259 e. The molecule has 0 fully saturated rings. The van der Waals surface area contributed by atoms with Gasteiger partial charge in [-0.1, -0.05) is 6.07 Å². The van der Waals surface area contributed by atoms with Crippen LogP contribution in [-0.4, -0.2) is 23.7 Å². The number of hydrogen-bond acceptors (Lipinski definition) is 4. The van der Waals surface area contributed by atoms with Crippen molar-refractivity contribution in [3.05, 3.63) is 57.4 Å². The lowest BCUT2D eigenvalue weighted by molar-refractivity contribution is -0.119. The summed E-state index contributed by atoms with van der Waals surface area (Å²) in [6, 6.07) is 9.68. The summed E-state index contributed by atoms with van der Waals surface area (Å²) in [4.78, 5) is 15.6. The van der Waals surface area contributed by atoms with Crippen molar-refractivity contribution in [1.82, 2.24) is 10.4 Å². The molecule has 0 saturated heterocycles. The number of carbonyl (C=O) groups excluding carboxylic acids is 1. The van der Waals surface area contributed by atoms with Crippen molar-refractivity contribution in [3.8, 4) is 0 Å². The molecule has 0 saturated carbocycles. The van der Waals surface area contributed by atoms with E-state index in [9.17, 15) is 4.79 Å². The molecule has 0 atom stereocenters. The van der Waals surface area contributed by atoms with E-state index in [2.05, 4.69) is 49.5 Å². The Morgan fingerprint density at radius 3 is 3.00 bits per heavy atom. The third-order valence-corrected chi connectivity index (χ3v) is 3.39. The summed E-state index contributed by atoms with van der Waals surface area (Å²) in [6.07, 6.45) is 4.91. The molecule has 0 unspecified atom stereocenters. The standard InChI is InChI=1S/C15H15IN4O/c1-11-7-13(16)4-5-14(11)18-10-15(21)20-19-9-12-3-2-6-17-8-12/h2-9,18H,10H2,1H3,(H,20,21). The number of nitrogens with zero attached hydrogens (tertiary/aromatic N) is 2. The van der Waals surface area contributed by atoms with Gasteiger partial charge < -0.3 is 5.32 Å². The normalized spacial score (nSPS) is 10.6. The molecule has 2 rings (SSSR count). The molecule has 21 heavy (non-hydrogen) atoms. The van der Waals surface area contributed by atoms with Crippen LogP contribution in [0.3, 0.4) is 0 Å². The molecule has 0 aliphatic rings. The summed E-state index contributed by atoms with van der Waals surface area (Å²) in [6.45, 7) is 2.18. The molecule has 0 radical (unpaired) electrons. The first kappa shape index (κ1) is 15.4. The van der Waals surface area contributed by atoms with E-state index in [4.69, 9.17) is 0 Å². The van der Waals surface area contributed by atoms with E-state index in [1.54, 1.807) is 18.6 Å². The third-order valence-electron chi connectivity index (χ3n) is 2.72. The first-order chi connectivity index (χ1) is 10.1. The quantitative estimate of drug-likeness (QED) is 0.466. The van der Waals surface area contributed by atoms with Gasteiger partial charge in [0, 0.05) is 27.2 Å². The number of amides is 1. The Hall–Kier alpha value is -1.96. The highest BCUT2D eigenvalue weighted by Crippen LogP contribution is 2.17. The molecule has 1 aromatic heterocycles. The van der Waals surface area contributed by atoms with Crippen LogP contribution in [-0.2, 0) is 4.79 Å². The average Bonchev–Trinajstić information content (AvgIpc) is 2.47. The molecule has 2 aromatic rings. The van der Waals surface area contributed by atoms with E-state index in [0.717, 1.165) is 16.8 Å². The topological polar surface area (TPSA) is 66.4 Å². The van der Waals surface area contributed by atoms with Crippen molar-refractivity contribution in [3.63, 3.8) is 0 Å². The number of benzene rings is 1. The Morgan fingerprint density at radius 2 is 2.29 bits per heavy atom. The molecule has 108 valence electrons. The van der Waals surface area contributed by atoms with Crippen molar-refractivity contribution < 1.29 is 4.79 Å². The van der Waals surface area contributed by atoms with Gasteiger partial charge in [-0.05, 0) is 59.3 Å². The maximum Gasteiger partial charge on any atom is 0.259 e. The second kappa shape index (κ2) is 7.72. The lowest BCUT2D eigenvalue weighted by atomic mass is 10.2. The minimum Gasteiger partial charge on any atom is -0.376 e. The summed E-state index contributed by atoms with van der Waals surface area (Å²) in [5.41, 5.74) is 5.35.